The Morgan fingerprint density at radius 3 is 2.19 bits per heavy atom. The minimum atomic E-state index is -0.752. The monoisotopic (exact) mass is 230 g/mol. The van der Waals surface area contributed by atoms with E-state index in [-0.39, 0.29) is 12.3 Å². The second-order valence-electron chi connectivity index (χ2n) is 4.38. The average molecular weight is 230 g/mol. The van der Waals surface area contributed by atoms with Crippen LogP contribution in [0.15, 0.2) is 0 Å². The van der Waals surface area contributed by atoms with E-state index in [4.69, 9.17) is 10.2 Å². The summed E-state index contributed by atoms with van der Waals surface area (Å²) in [4.78, 5) is 21.0. The first-order chi connectivity index (χ1) is 7.47. The number of aliphatic carboxylic acids is 2. The van der Waals surface area contributed by atoms with E-state index in [1.54, 1.807) is 6.92 Å². The van der Waals surface area contributed by atoms with Crippen molar-refractivity contribution in [2.75, 3.05) is 0 Å². The molecule has 94 valence electrons. The molecule has 0 spiro atoms. The van der Waals surface area contributed by atoms with Gasteiger partial charge in [-0.25, -0.2) is 0 Å². The zero-order valence-electron chi connectivity index (χ0n) is 10.1. The molecule has 2 unspecified atom stereocenters. The molecule has 4 nitrogen and oxygen atoms in total. The summed E-state index contributed by atoms with van der Waals surface area (Å²) in [5.41, 5.74) is 0. The number of carbonyl (C=O) groups is 2. The first-order valence-electron chi connectivity index (χ1n) is 5.92. The summed E-state index contributed by atoms with van der Waals surface area (Å²) in [6, 6.07) is 0. The fourth-order valence-electron chi connectivity index (χ4n) is 1.72. The van der Waals surface area contributed by atoms with Gasteiger partial charge in [0.25, 0.3) is 0 Å². The van der Waals surface area contributed by atoms with Gasteiger partial charge in [-0.15, -0.1) is 0 Å². The number of carboxylic acid groups (broad SMARTS) is 2. The molecule has 0 fully saturated rings. The molecule has 16 heavy (non-hydrogen) atoms. The highest BCUT2D eigenvalue weighted by Gasteiger charge is 2.13. The minimum Gasteiger partial charge on any atom is -0.481 e. The van der Waals surface area contributed by atoms with Crippen LogP contribution in [0.25, 0.3) is 0 Å². The van der Waals surface area contributed by atoms with Gasteiger partial charge >= 0.3 is 11.9 Å². The summed E-state index contributed by atoms with van der Waals surface area (Å²) in [7, 11) is 0. The van der Waals surface area contributed by atoms with Gasteiger partial charge in [0.05, 0.1) is 5.92 Å². The van der Waals surface area contributed by atoms with E-state index in [0.29, 0.717) is 18.8 Å². The highest BCUT2D eigenvalue weighted by Crippen LogP contribution is 2.20. The van der Waals surface area contributed by atoms with Crippen LogP contribution in [-0.2, 0) is 9.59 Å². The lowest BCUT2D eigenvalue weighted by molar-refractivity contribution is -0.141. The van der Waals surface area contributed by atoms with Gasteiger partial charge in [-0.05, 0) is 18.8 Å². The van der Waals surface area contributed by atoms with E-state index in [0.717, 1.165) is 19.3 Å². The molecular weight excluding hydrogens is 208 g/mol. The first-order valence-corrected chi connectivity index (χ1v) is 5.92. The molecule has 0 aliphatic heterocycles. The molecule has 0 aromatic carbocycles. The predicted molar refractivity (Wildman–Crippen MR) is 61.3 cm³/mol. The van der Waals surface area contributed by atoms with Crippen molar-refractivity contribution in [2.24, 2.45) is 11.8 Å². The van der Waals surface area contributed by atoms with E-state index in [1.807, 2.05) is 6.92 Å². The fourth-order valence-corrected chi connectivity index (χ4v) is 1.72. The standard InChI is InChI=1S/C12H22O4/c1-3-10(7-8-11(13)14)6-4-5-9(2)12(15)16/h9-10H,3-8H2,1-2H3,(H,13,14)(H,15,16). The van der Waals surface area contributed by atoms with Crippen molar-refractivity contribution in [3.05, 3.63) is 0 Å². The molecular formula is C12H22O4. The average Bonchev–Trinajstić information content (AvgIpc) is 2.22. The van der Waals surface area contributed by atoms with Crippen LogP contribution in [0.5, 0.6) is 0 Å². The lowest BCUT2D eigenvalue weighted by Gasteiger charge is -2.14. The Hall–Kier alpha value is -1.06. The predicted octanol–water partition coefficient (Wildman–Crippen LogP) is 2.77. The molecule has 4 heteroatoms. The Balaban J connectivity index is 3.70. The molecule has 0 aliphatic carbocycles. The molecule has 0 amide bonds. The molecule has 0 radical (unpaired) electrons. The van der Waals surface area contributed by atoms with Crippen LogP contribution in [0.4, 0.5) is 0 Å². The molecule has 0 saturated carbocycles. The number of hydrogen-bond donors (Lipinski definition) is 2. The highest BCUT2D eigenvalue weighted by molar-refractivity contribution is 5.69. The molecule has 2 N–H and O–H groups in total. The van der Waals surface area contributed by atoms with Gasteiger partial charge < -0.3 is 10.2 Å². The van der Waals surface area contributed by atoms with Gasteiger partial charge in [0.1, 0.15) is 0 Å². The molecule has 0 saturated heterocycles. The Bertz CT molecular complexity index is 225. The normalized spacial score (nSPS) is 14.4. The van der Waals surface area contributed by atoms with Crippen molar-refractivity contribution in [2.45, 2.75) is 52.4 Å². The summed E-state index contributed by atoms with van der Waals surface area (Å²) < 4.78 is 0. The Labute approximate surface area is 96.7 Å². The van der Waals surface area contributed by atoms with Crippen LogP contribution in [0.1, 0.15) is 52.4 Å². The van der Waals surface area contributed by atoms with Crippen molar-refractivity contribution in [1.82, 2.24) is 0 Å². The highest BCUT2D eigenvalue weighted by atomic mass is 16.4. The Morgan fingerprint density at radius 2 is 1.75 bits per heavy atom. The zero-order valence-corrected chi connectivity index (χ0v) is 10.1. The SMILES string of the molecule is CCC(CCCC(C)C(=O)O)CCC(=O)O. The maximum atomic E-state index is 10.6. The topological polar surface area (TPSA) is 74.6 Å². The molecule has 0 heterocycles. The van der Waals surface area contributed by atoms with E-state index in [2.05, 4.69) is 0 Å². The molecule has 0 bridgehead atoms. The van der Waals surface area contributed by atoms with Gasteiger partial charge in [-0.1, -0.05) is 33.1 Å². The largest absolute Gasteiger partial charge is 0.481 e. The molecule has 0 aromatic rings. The molecule has 0 aromatic heterocycles. The molecule has 0 rings (SSSR count). The third-order valence-electron chi connectivity index (χ3n) is 3.01. The third kappa shape index (κ3) is 7.26. The van der Waals surface area contributed by atoms with E-state index < -0.39 is 11.9 Å². The minimum absolute atomic E-state index is 0.215. The van der Waals surface area contributed by atoms with Gasteiger partial charge in [0.15, 0.2) is 0 Å². The van der Waals surface area contributed by atoms with Gasteiger partial charge in [0.2, 0.25) is 0 Å². The van der Waals surface area contributed by atoms with Crippen LogP contribution in [0.2, 0.25) is 0 Å². The maximum Gasteiger partial charge on any atom is 0.306 e. The lowest BCUT2D eigenvalue weighted by atomic mass is 9.92. The third-order valence-corrected chi connectivity index (χ3v) is 3.01. The number of rotatable bonds is 9. The second kappa shape index (κ2) is 8.13. The van der Waals surface area contributed by atoms with E-state index in [9.17, 15) is 9.59 Å². The number of carboxylic acids is 2. The van der Waals surface area contributed by atoms with Crippen molar-refractivity contribution in [1.29, 1.82) is 0 Å². The van der Waals surface area contributed by atoms with Crippen LogP contribution in [0, 0.1) is 11.8 Å². The molecule has 2 atom stereocenters. The van der Waals surface area contributed by atoms with Crippen LogP contribution >= 0.6 is 0 Å². The first kappa shape index (κ1) is 14.9. The summed E-state index contributed by atoms with van der Waals surface area (Å²) in [5, 5.41) is 17.3. The van der Waals surface area contributed by atoms with Crippen molar-refractivity contribution in [3.8, 4) is 0 Å². The lowest BCUT2D eigenvalue weighted by Crippen LogP contribution is -2.10. The summed E-state index contributed by atoms with van der Waals surface area (Å²) >= 11 is 0. The summed E-state index contributed by atoms with van der Waals surface area (Å²) in [6.45, 7) is 3.76. The smallest absolute Gasteiger partial charge is 0.306 e. The zero-order chi connectivity index (χ0) is 12.6. The second-order valence-corrected chi connectivity index (χ2v) is 4.38. The van der Waals surface area contributed by atoms with Crippen LogP contribution in [-0.4, -0.2) is 22.2 Å². The van der Waals surface area contributed by atoms with Crippen molar-refractivity contribution >= 4 is 11.9 Å². The van der Waals surface area contributed by atoms with E-state index >= 15 is 0 Å². The van der Waals surface area contributed by atoms with Crippen LogP contribution < -0.4 is 0 Å². The van der Waals surface area contributed by atoms with Crippen molar-refractivity contribution in [3.63, 3.8) is 0 Å². The Morgan fingerprint density at radius 1 is 1.12 bits per heavy atom. The van der Waals surface area contributed by atoms with Crippen LogP contribution in [0.3, 0.4) is 0 Å². The summed E-state index contributed by atoms with van der Waals surface area (Å²) in [6.07, 6.45) is 4.36. The summed E-state index contributed by atoms with van der Waals surface area (Å²) in [5.74, 6) is -1.38. The van der Waals surface area contributed by atoms with Gasteiger partial charge in [-0.2, -0.15) is 0 Å². The number of hydrogen-bond acceptors (Lipinski definition) is 2. The van der Waals surface area contributed by atoms with Crippen molar-refractivity contribution < 1.29 is 19.8 Å². The van der Waals surface area contributed by atoms with Gasteiger partial charge in [-0.3, -0.25) is 9.59 Å². The Kier molecular flexibility index (Phi) is 7.60. The quantitative estimate of drug-likeness (QED) is 0.638. The molecule has 0 aliphatic rings. The fraction of sp³-hybridized carbons (Fsp3) is 0.833. The maximum absolute atomic E-state index is 10.6. The van der Waals surface area contributed by atoms with Gasteiger partial charge in [0, 0.05) is 6.42 Å². The van der Waals surface area contributed by atoms with E-state index in [1.165, 1.54) is 0 Å².